The van der Waals surface area contributed by atoms with Gasteiger partial charge in [-0.05, 0) is 37.5 Å². The molecule has 0 aliphatic heterocycles. The summed E-state index contributed by atoms with van der Waals surface area (Å²) in [5.74, 6) is 1.41. The summed E-state index contributed by atoms with van der Waals surface area (Å²) >= 11 is 0. The highest BCUT2D eigenvalue weighted by Crippen LogP contribution is 2.29. The summed E-state index contributed by atoms with van der Waals surface area (Å²) in [6, 6.07) is 5.89. The standard InChI is InChI=1S/C14H22O3/c1-5-11-7-8-13(14(9-11)16-4)17-10(3)12(15)6-2/h7-10,12,15H,5-6H2,1-4H3. The molecule has 0 radical (unpaired) electrons. The maximum absolute atomic E-state index is 9.69. The molecule has 0 aliphatic rings. The number of hydrogen-bond acceptors (Lipinski definition) is 3. The third-order valence-electron chi connectivity index (χ3n) is 2.91. The van der Waals surface area contributed by atoms with Crippen LogP contribution in [0.25, 0.3) is 0 Å². The number of benzene rings is 1. The molecule has 1 aromatic rings. The van der Waals surface area contributed by atoms with Gasteiger partial charge in [-0.3, -0.25) is 0 Å². The molecule has 0 saturated carbocycles. The molecule has 2 unspecified atom stereocenters. The van der Waals surface area contributed by atoms with Gasteiger partial charge in [-0.1, -0.05) is 19.9 Å². The van der Waals surface area contributed by atoms with E-state index in [4.69, 9.17) is 9.47 Å². The molecule has 17 heavy (non-hydrogen) atoms. The Morgan fingerprint density at radius 1 is 1.24 bits per heavy atom. The number of methoxy groups -OCH3 is 1. The lowest BCUT2D eigenvalue weighted by Gasteiger charge is -2.21. The van der Waals surface area contributed by atoms with Crippen molar-refractivity contribution in [3.05, 3.63) is 23.8 Å². The van der Waals surface area contributed by atoms with E-state index in [1.54, 1.807) is 7.11 Å². The van der Waals surface area contributed by atoms with Gasteiger partial charge >= 0.3 is 0 Å². The first kappa shape index (κ1) is 13.8. The van der Waals surface area contributed by atoms with E-state index in [9.17, 15) is 5.11 Å². The molecule has 96 valence electrons. The lowest BCUT2D eigenvalue weighted by Crippen LogP contribution is -2.28. The Morgan fingerprint density at radius 3 is 2.47 bits per heavy atom. The van der Waals surface area contributed by atoms with Crippen LogP contribution in [0.5, 0.6) is 11.5 Å². The SMILES string of the molecule is CCc1ccc(OC(C)C(O)CC)c(OC)c1. The summed E-state index contributed by atoms with van der Waals surface area (Å²) in [5.41, 5.74) is 1.21. The molecule has 0 aliphatic carbocycles. The van der Waals surface area contributed by atoms with Crippen molar-refractivity contribution >= 4 is 0 Å². The second-order valence-electron chi connectivity index (χ2n) is 4.14. The molecule has 3 heteroatoms. The molecule has 1 N–H and O–H groups in total. The number of rotatable bonds is 6. The highest BCUT2D eigenvalue weighted by Gasteiger charge is 2.16. The van der Waals surface area contributed by atoms with Crippen LogP contribution in [0.15, 0.2) is 18.2 Å². The van der Waals surface area contributed by atoms with Gasteiger partial charge in [-0.2, -0.15) is 0 Å². The van der Waals surface area contributed by atoms with Crippen LogP contribution in [0, 0.1) is 0 Å². The van der Waals surface area contributed by atoms with Crippen molar-refractivity contribution in [2.45, 2.75) is 45.8 Å². The summed E-state index contributed by atoms with van der Waals surface area (Å²) in [6.07, 6.45) is 0.951. The van der Waals surface area contributed by atoms with E-state index in [1.807, 2.05) is 32.0 Å². The van der Waals surface area contributed by atoms with E-state index in [0.717, 1.165) is 12.2 Å². The van der Waals surface area contributed by atoms with Gasteiger partial charge in [0.1, 0.15) is 6.10 Å². The predicted octanol–water partition coefficient (Wildman–Crippen LogP) is 2.80. The quantitative estimate of drug-likeness (QED) is 0.828. The fourth-order valence-electron chi connectivity index (χ4n) is 1.64. The zero-order chi connectivity index (χ0) is 12.8. The Hall–Kier alpha value is -1.22. The van der Waals surface area contributed by atoms with Crippen molar-refractivity contribution < 1.29 is 14.6 Å². The number of aryl methyl sites for hydroxylation is 1. The molecule has 0 heterocycles. The zero-order valence-electron chi connectivity index (χ0n) is 11.1. The Bertz CT molecular complexity index is 349. The summed E-state index contributed by atoms with van der Waals surface area (Å²) in [4.78, 5) is 0. The van der Waals surface area contributed by atoms with Crippen LogP contribution in [0.1, 0.15) is 32.8 Å². The van der Waals surface area contributed by atoms with E-state index in [2.05, 4.69) is 6.92 Å². The molecule has 0 fully saturated rings. The van der Waals surface area contributed by atoms with Gasteiger partial charge in [-0.25, -0.2) is 0 Å². The largest absolute Gasteiger partial charge is 0.493 e. The fourth-order valence-corrected chi connectivity index (χ4v) is 1.64. The highest BCUT2D eigenvalue weighted by atomic mass is 16.5. The van der Waals surface area contributed by atoms with Gasteiger partial charge in [0.25, 0.3) is 0 Å². The van der Waals surface area contributed by atoms with Crippen LogP contribution in [0.2, 0.25) is 0 Å². The summed E-state index contributed by atoms with van der Waals surface area (Å²) in [7, 11) is 1.63. The zero-order valence-corrected chi connectivity index (χ0v) is 11.1. The van der Waals surface area contributed by atoms with Crippen LogP contribution >= 0.6 is 0 Å². The van der Waals surface area contributed by atoms with Crippen molar-refractivity contribution in [2.75, 3.05) is 7.11 Å². The Labute approximate surface area is 103 Å². The number of ether oxygens (including phenoxy) is 2. The lowest BCUT2D eigenvalue weighted by molar-refractivity contribution is 0.0436. The van der Waals surface area contributed by atoms with Gasteiger partial charge in [0.2, 0.25) is 0 Å². The van der Waals surface area contributed by atoms with Crippen molar-refractivity contribution in [1.29, 1.82) is 0 Å². The normalized spacial score (nSPS) is 14.2. The number of aliphatic hydroxyl groups excluding tert-OH is 1. The van der Waals surface area contributed by atoms with Gasteiger partial charge in [0, 0.05) is 0 Å². The first-order chi connectivity index (χ1) is 8.12. The summed E-state index contributed by atoms with van der Waals surface area (Å²) in [5, 5.41) is 9.69. The van der Waals surface area contributed by atoms with Crippen molar-refractivity contribution in [1.82, 2.24) is 0 Å². The van der Waals surface area contributed by atoms with Crippen LogP contribution in [-0.2, 0) is 6.42 Å². The average Bonchev–Trinajstić information content (AvgIpc) is 2.37. The lowest BCUT2D eigenvalue weighted by atomic mass is 10.1. The van der Waals surface area contributed by atoms with Gasteiger partial charge < -0.3 is 14.6 Å². The molecule has 0 amide bonds. The third-order valence-corrected chi connectivity index (χ3v) is 2.91. The van der Waals surface area contributed by atoms with Gasteiger partial charge in [-0.15, -0.1) is 0 Å². The Kier molecular flexibility index (Phi) is 5.29. The Morgan fingerprint density at radius 2 is 1.94 bits per heavy atom. The van der Waals surface area contributed by atoms with Gasteiger partial charge in [0.05, 0.1) is 13.2 Å². The van der Waals surface area contributed by atoms with Crippen molar-refractivity contribution in [3.8, 4) is 11.5 Å². The van der Waals surface area contributed by atoms with E-state index in [-0.39, 0.29) is 6.10 Å². The minimum absolute atomic E-state index is 0.235. The molecule has 0 bridgehead atoms. The molecule has 0 spiro atoms. The van der Waals surface area contributed by atoms with Crippen LogP contribution in [-0.4, -0.2) is 24.4 Å². The molecular formula is C14H22O3. The Balaban J connectivity index is 2.83. The van der Waals surface area contributed by atoms with E-state index in [0.29, 0.717) is 12.2 Å². The minimum atomic E-state index is -0.453. The monoisotopic (exact) mass is 238 g/mol. The summed E-state index contributed by atoms with van der Waals surface area (Å²) in [6.45, 7) is 5.89. The van der Waals surface area contributed by atoms with Gasteiger partial charge in [0.15, 0.2) is 11.5 Å². The summed E-state index contributed by atoms with van der Waals surface area (Å²) < 4.78 is 11.0. The molecular weight excluding hydrogens is 216 g/mol. The predicted molar refractivity (Wildman–Crippen MR) is 68.8 cm³/mol. The highest BCUT2D eigenvalue weighted by molar-refractivity contribution is 5.43. The molecule has 2 atom stereocenters. The fraction of sp³-hybridized carbons (Fsp3) is 0.571. The molecule has 0 saturated heterocycles. The first-order valence-corrected chi connectivity index (χ1v) is 6.14. The van der Waals surface area contributed by atoms with Crippen LogP contribution in [0.3, 0.4) is 0 Å². The molecule has 1 aromatic carbocycles. The average molecular weight is 238 g/mol. The molecule has 1 rings (SSSR count). The number of aliphatic hydroxyl groups is 1. The first-order valence-electron chi connectivity index (χ1n) is 6.14. The number of hydrogen-bond donors (Lipinski definition) is 1. The maximum Gasteiger partial charge on any atom is 0.161 e. The van der Waals surface area contributed by atoms with Crippen LogP contribution < -0.4 is 9.47 Å². The topological polar surface area (TPSA) is 38.7 Å². The molecule has 0 aromatic heterocycles. The second-order valence-corrected chi connectivity index (χ2v) is 4.14. The van der Waals surface area contributed by atoms with E-state index >= 15 is 0 Å². The molecule has 3 nitrogen and oxygen atoms in total. The van der Waals surface area contributed by atoms with Crippen molar-refractivity contribution in [3.63, 3.8) is 0 Å². The smallest absolute Gasteiger partial charge is 0.161 e. The third kappa shape index (κ3) is 3.63. The van der Waals surface area contributed by atoms with E-state index < -0.39 is 6.10 Å². The second kappa shape index (κ2) is 6.50. The van der Waals surface area contributed by atoms with Crippen molar-refractivity contribution in [2.24, 2.45) is 0 Å². The maximum atomic E-state index is 9.69. The van der Waals surface area contributed by atoms with E-state index in [1.165, 1.54) is 5.56 Å². The minimum Gasteiger partial charge on any atom is -0.493 e. The van der Waals surface area contributed by atoms with Crippen LogP contribution in [0.4, 0.5) is 0 Å².